The molecule has 0 N–H and O–H groups in total. The molecule has 36 bridgehead atoms. The predicted molar refractivity (Wildman–Crippen MR) is 508 cm³/mol. The first-order valence-corrected chi connectivity index (χ1v) is 55.4. The first-order chi connectivity index (χ1) is 56.0. The molecule has 0 heterocycles. The van der Waals surface area contributed by atoms with Gasteiger partial charge >= 0.3 is 5.97 Å². The largest absolute Gasteiger partial charge is 0.466 e. The van der Waals surface area contributed by atoms with E-state index in [4.69, 9.17) is 4.74 Å². The minimum atomic E-state index is -0.0508. The van der Waals surface area contributed by atoms with Crippen LogP contribution in [0.25, 0.3) is 0 Å². The minimum Gasteiger partial charge on any atom is -0.466 e. The Bertz CT molecular complexity index is 3570. The molecule has 0 saturated heterocycles. The number of hydrogen-bond acceptors (Lipinski definition) is 5. The molecule has 36 fully saturated rings. The second-order valence-corrected chi connectivity index (χ2v) is 63.4. The number of carbonyl (C=O) groups is 3. The van der Waals surface area contributed by atoms with Crippen molar-refractivity contribution >= 4 is 104 Å². The van der Waals surface area contributed by atoms with Gasteiger partial charge in [0.05, 0.1) is 23.5 Å². The van der Waals surface area contributed by atoms with Gasteiger partial charge in [-0.2, -0.15) is 5.26 Å². The number of nitrogens with zero attached hydrogens (tertiary/aromatic N) is 1. The molecule has 0 aliphatic heterocycles. The quantitative estimate of drug-likeness (QED) is 0.170. The Morgan fingerprint density at radius 2 is 0.647 bits per heavy atom. The molecule has 119 heavy (non-hydrogen) atoms. The normalized spacial score (nSPS) is 55.7. The summed E-state index contributed by atoms with van der Waals surface area (Å²) in [7, 11) is 0. The molecule has 10 heteroatoms. The van der Waals surface area contributed by atoms with Gasteiger partial charge < -0.3 is 4.74 Å². The standard InChI is InChI=1S/C17H22.C13H20O2.C12H18Br2.2C12H19Br.C12H18O.C11H15N.C10H15I.C10H14O/c1-12-2-4-16(5-3-12)17-9-13-6-14(10-17)8-15(7-13)11-17;1-2-15-12(14)13-6-9-3-10(7-13)5-11(4-9)8-13;1-9-3-10(2)6-11(13,4-9)8-12(14,5-9)7-10;2*1-10-3-9-4-11(2,6-10)8-12(13,5-9)7-10;1-8(13)12-5-9-2-10(6-12)4-11(3-9)7-12;12-7-11-4-8-1-9(5-11)3-10(2-8)6-11;11-10-4-7-1-8(5-10)3-9(2-7)6-10;11-10-8-2-6-1-7(4-8)5-9(10)3-6/h2-5,13-15H,6-11H2,1H3;9-11H,2-8H2,1H3;3-8H2,1-2H3;2*9H,3-8H2,1-2H3;9-11H,2-7H2,1H3;8-10H,1-6H2;7-9H,1-6H2;6-9H,1-5H2. The van der Waals surface area contributed by atoms with Crippen LogP contribution in [0.3, 0.4) is 0 Å². The summed E-state index contributed by atoms with van der Waals surface area (Å²) in [6.45, 7) is 21.5. The van der Waals surface area contributed by atoms with Crippen molar-refractivity contribution in [2.45, 2.75) is 429 Å². The maximum atomic E-state index is 12.1. The molecule has 660 valence electrons. The van der Waals surface area contributed by atoms with Gasteiger partial charge in [0.2, 0.25) is 0 Å². The maximum Gasteiger partial charge on any atom is 0.312 e. The van der Waals surface area contributed by atoms with Crippen molar-refractivity contribution in [3.05, 3.63) is 35.4 Å². The van der Waals surface area contributed by atoms with Crippen molar-refractivity contribution in [3.8, 4) is 6.07 Å². The lowest BCUT2D eigenvalue weighted by atomic mass is 9.45. The lowest BCUT2D eigenvalue weighted by molar-refractivity contribution is -0.171. The SMILES string of the molecule is CC(=O)C12CC3CC(CC(C3)C1)C2.CC12CC3(C)CC(Br)(C1)CC(Br)(C2)C3.CC12CC3CC(C)(C1)CC(Br)(C3)C2.CC12CC3CC(C)(C1)CC(Br)(C3)C2.CCOC(=O)C12CC3CC(CC(C3)C1)C2.Cc1ccc(C23CC4CC(CC(C4)C2)C3)cc1.IC12CC3CC(CC(C3)C1)C2.N#CC12CC3CC(CC(C3)C1)C2.O=C1C2CC3CC(C2)CC1C3. The van der Waals surface area contributed by atoms with E-state index < -0.39 is 0 Å². The van der Waals surface area contributed by atoms with Gasteiger partial charge in [0.25, 0.3) is 0 Å². The van der Waals surface area contributed by atoms with Crippen LogP contribution in [-0.2, 0) is 24.5 Å². The monoisotopic (exact) mass is 1990 g/mol. The number of aryl methyl sites for hydroxylation is 1. The molecule has 0 spiro atoms. The van der Waals surface area contributed by atoms with Gasteiger partial charge in [0.1, 0.15) is 11.6 Å². The minimum absolute atomic E-state index is 0.0508. The zero-order valence-corrected chi connectivity index (χ0v) is 84.6. The van der Waals surface area contributed by atoms with Crippen molar-refractivity contribution in [1.29, 1.82) is 5.26 Å². The highest BCUT2D eigenvalue weighted by Crippen LogP contribution is 2.75. The van der Waals surface area contributed by atoms with Crippen molar-refractivity contribution in [3.63, 3.8) is 0 Å². The average molecular weight is 2000 g/mol. The van der Waals surface area contributed by atoms with Crippen LogP contribution in [0.2, 0.25) is 0 Å². The molecule has 1 aromatic carbocycles. The van der Waals surface area contributed by atoms with E-state index in [1.54, 1.807) is 63.4 Å². The van der Waals surface area contributed by atoms with E-state index in [-0.39, 0.29) is 22.2 Å². The van der Waals surface area contributed by atoms with Crippen LogP contribution in [0.1, 0.15) is 407 Å². The van der Waals surface area contributed by atoms with Crippen molar-refractivity contribution in [2.75, 3.05) is 6.61 Å². The van der Waals surface area contributed by atoms with Gasteiger partial charge in [-0.25, -0.2) is 0 Å². The predicted octanol–water partition coefficient (Wildman–Crippen LogP) is 31.1. The lowest BCUT2D eigenvalue weighted by Crippen LogP contribution is -2.61. The lowest BCUT2D eigenvalue weighted by Gasteiger charge is -2.66. The van der Waals surface area contributed by atoms with E-state index in [1.807, 2.05) is 13.8 Å². The average Bonchev–Trinajstić information content (AvgIpc) is 0.710. The van der Waals surface area contributed by atoms with Gasteiger partial charge in [0, 0.05) is 38.0 Å². The summed E-state index contributed by atoms with van der Waals surface area (Å²) in [6, 6.07) is 12.1. The van der Waals surface area contributed by atoms with Crippen LogP contribution in [0.5, 0.6) is 0 Å². The number of nitriles is 1. The summed E-state index contributed by atoms with van der Waals surface area (Å²) in [5.41, 5.74) is 7.80. The molecule has 36 saturated carbocycles. The highest BCUT2D eigenvalue weighted by atomic mass is 127. The topological polar surface area (TPSA) is 84.2 Å². The van der Waals surface area contributed by atoms with E-state index in [0.717, 1.165) is 135 Å². The molecule has 0 aromatic heterocycles. The Morgan fingerprint density at radius 1 is 0.361 bits per heavy atom. The Balaban J connectivity index is 0.0000000860. The number of esters is 1. The van der Waals surface area contributed by atoms with Gasteiger partial charge in [-0.1, -0.05) is 158 Å². The first-order valence-electron chi connectivity index (χ1n) is 51.2. The number of halogens is 5. The van der Waals surface area contributed by atoms with E-state index in [9.17, 15) is 19.6 Å². The summed E-state index contributed by atoms with van der Waals surface area (Å²) in [5.74, 6) is 20.8. The number of ether oxygens (including phenoxy) is 1. The molecule has 0 radical (unpaired) electrons. The summed E-state index contributed by atoms with van der Waals surface area (Å²) >= 11 is 18.9. The van der Waals surface area contributed by atoms with E-state index in [1.165, 1.54) is 269 Å². The number of carbonyl (C=O) groups excluding carboxylic acids is 3. The third-order valence-electron chi connectivity index (χ3n) is 41.0. The second kappa shape index (κ2) is 31.2. The summed E-state index contributed by atoms with van der Waals surface area (Å²) in [4.78, 5) is 35.3. The number of hydrogen-bond donors (Lipinski definition) is 0. The zero-order valence-electron chi connectivity index (χ0n) is 76.1. The molecule has 37 rings (SSSR count). The third kappa shape index (κ3) is 17.8. The summed E-state index contributed by atoms with van der Waals surface area (Å²) in [5, 5.41) is 9.18. The van der Waals surface area contributed by atoms with Crippen LogP contribution in [-0.4, -0.2) is 44.9 Å². The summed E-state index contributed by atoms with van der Waals surface area (Å²) in [6.07, 6.45) is 74.5. The number of rotatable bonds is 4. The molecule has 0 amide bonds. The second-order valence-electron chi connectivity index (χ2n) is 54.4. The molecule has 36 aliphatic carbocycles. The van der Waals surface area contributed by atoms with Crippen LogP contribution in [0.4, 0.5) is 0 Å². The Hall–Kier alpha value is 0.170. The number of alkyl halides is 5. The van der Waals surface area contributed by atoms with Crippen molar-refractivity contribution < 1.29 is 19.1 Å². The fourth-order valence-corrected chi connectivity index (χ4v) is 52.1. The van der Waals surface area contributed by atoms with E-state index in [2.05, 4.69) is 165 Å². The van der Waals surface area contributed by atoms with E-state index in [0.29, 0.717) is 85.2 Å². The molecule has 36 aliphatic rings. The highest BCUT2D eigenvalue weighted by molar-refractivity contribution is 14.1. The van der Waals surface area contributed by atoms with Gasteiger partial charge in [-0.05, 0) is 517 Å². The molecule has 1 aromatic rings. The van der Waals surface area contributed by atoms with Crippen molar-refractivity contribution in [2.24, 2.45) is 173 Å². The van der Waals surface area contributed by atoms with Crippen LogP contribution < -0.4 is 0 Å². The highest BCUT2D eigenvalue weighted by Gasteiger charge is 2.66. The van der Waals surface area contributed by atoms with Crippen LogP contribution in [0, 0.1) is 191 Å². The molecule has 4 unspecified atom stereocenters. The maximum absolute atomic E-state index is 12.1. The fraction of sp³-hybridized carbons (Fsp3) is 0.908. The van der Waals surface area contributed by atoms with Crippen LogP contribution in [0.15, 0.2) is 24.3 Å². The number of ketones is 2. The molecular weight excluding hydrogens is 1830 g/mol. The van der Waals surface area contributed by atoms with Gasteiger partial charge in [-0.15, -0.1) is 0 Å². The van der Waals surface area contributed by atoms with Gasteiger partial charge in [0.15, 0.2) is 0 Å². The summed E-state index contributed by atoms with van der Waals surface area (Å²) < 4.78 is 8.04. The smallest absolute Gasteiger partial charge is 0.312 e. The third-order valence-corrected chi connectivity index (χ3v) is 45.8. The van der Waals surface area contributed by atoms with Crippen LogP contribution >= 0.6 is 86.3 Å². The Kier molecular flexibility index (Phi) is 22.8. The van der Waals surface area contributed by atoms with Gasteiger partial charge in [-0.3, -0.25) is 14.4 Å². The molecule has 4 atom stereocenters. The first kappa shape index (κ1) is 87.2. The van der Waals surface area contributed by atoms with Crippen molar-refractivity contribution in [1.82, 2.24) is 0 Å². The number of benzene rings is 1. The molecular formula is C109H160Br4INO4. The fourth-order valence-electron chi connectivity index (χ4n) is 42.5. The Labute approximate surface area is 771 Å². The Morgan fingerprint density at radius 3 is 0.933 bits per heavy atom. The van der Waals surface area contributed by atoms with E-state index >= 15 is 0 Å². The number of Topliss-reactive ketones (excluding diaryl/α,β-unsaturated/α-hetero) is 2. The molecule has 5 nitrogen and oxygen atoms in total. The zero-order chi connectivity index (χ0) is 82.9.